The van der Waals surface area contributed by atoms with Crippen LogP contribution in [-0.2, 0) is 16.1 Å². The van der Waals surface area contributed by atoms with Crippen molar-refractivity contribution in [3.05, 3.63) is 48.3 Å². The van der Waals surface area contributed by atoms with Crippen molar-refractivity contribution in [3.63, 3.8) is 0 Å². The highest BCUT2D eigenvalue weighted by Gasteiger charge is 2.17. The fourth-order valence-corrected chi connectivity index (χ4v) is 2.70. The minimum atomic E-state index is -0.0728. The van der Waals surface area contributed by atoms with Crippen molar-refractivity contribution in [2.45, 2.75) is 19.1 Å². The van der Waals surface area contributed by atoms with E-state index in [-0.39, 0.29) is 11.9 Å². The number of pyridine rings is 1. The van der Waals surface area contributed by atoms with Crippen molar-refractivity contribution in [1.82, 2.24) is 10.3 Å². The predicted octanol–water partition coefficient (Wildman–Crippen LogP) is 1.99. The van der Waals surface area contributed by atoms with Crippen LogP contribution in [0.3, 0.4) is 0 Å². The highest BCUT2D eigenvalue weighted by atomic mass is 16.5. The Labute approximate surface area is 152 Å². The molecule has 1 fully saturated rings. The second kappa shape index (κ2) is 9.17. The zero-order chi connectivity index (χ0) is 18.2. The van der Waals surface area contributed by atoms with E-state index in [2.05, 4.69) is 15.6 Å². The molecule has 1 aromatic carbocycles. The maximum Gasteiger partial charge on any atom is 0.226 e. The van der Waals surface area contributed by atoms with Crippen LogP contribution in [0, 0.1) is 0 Å². The van der Waals surface area contributed by atoms with Crippen LogP contribution in [0.1, 0.15) is 12.0 Å². The molecule has 0 bridgehead atoms. The largest absolute Gasteiger partial charge is 0.493 e. The van der Waals surface area contributed by atoms with Gasteiger partial charge in [-0.15, -0.1) is 0 Å². The molecule has 3 rings (SSSR count). The number of benzene rings is 1. The molecule has 26 heavy (non-hydrogen) atoms. The summed E-state index contributed by atoms with van der Waals surface area (Å²) in [6.45, 7) is 2.38. The first kappa shape index (κ1) is 18.2. The molecule has 1 aliphatic rings. The molecular weight excluding hydrogens is 334 g/mol. The predicted molar refractivity (Wildman–Crippen MR) is 97.4 cm³/mol. The van der Waals surface area contributed by atoms with E-state index in [1.165, 1.54) is 0 Å². The van der Waals surface area contributed by atoms with Crippen LogP contribution in [-0.4, -0.2) is 43.8 Å². The molecule has 0 spiro atoms. The highest BCUT2D eigenvalue weighted by Crippen LogP contribution is 2.31. The van der Waals surface area contributed by atoms with E-state index < -0.39 is 0 Å². The molecule has 7 nitrogen and oxygen atoms in total. The number of anilines is 1. The lowest BCUT2D eigenvalue weighted by Gasteiger charge is -2.23. The number of carbonyl (C=O) groups excluding carboxylic acids is 1. The number of morpholine rings is 1. The van der Waals surface area contributed by atoms with Crippen molar-refractivity contribution < 1.29 is 19.0 Å². The third kappa shape index (κ3) is 5.18. The van der Waals surface area contributed by atoms with Crippen LogP contribution in [0.2, 0.25) is 0 Å². The summed E-state index contributed by atoms with van der Waals surface area (Å²) in [6.07, 6.45) is 3.82. The molecule has 1 amide bonds. The molecule has 1 saturated heterocycles. The van der Waals surface area contributed by atoms with Gasteiger partial charge in [0.1, 0.15) is 6.61 Å². The summed E-state index contributed by atoms with van der Waals surface area (Å²) in [4.78, 5) is 16.3. The second-order valence-electron chi connectivity index (χ2n) is 5.99. The van der Waals surface area contributed by atoms with Gasteiger partial charge in [0.15, 0.2) is 11.5 Å². The molecule has 1 atom stereocenters. The van der Waals surface area contributed by atoms with Gasteiger partial charge in [-0.05, 0) is 18.2 Å². The van der Waals surface area contributed by atoms with E-state index in [1.807, 2.05) is 12.1 Å². The van der Waals surface area contributed by atoms with Gasteiger partial charge in [-0.3, -0.25) is 9.78 Å². The van der Waals surface area contributed by atoms with Crippen LogP contribution in [0.15, 0.2) is 42.7 Å². The fraction of sp³-hybridized carbons (Fsp3) is 0.368. The highest BCUT2D eigenvalue weighted by molar-refractivity contribution is 5.91. The Morgan fingerprint density at radius 3 is 3.04 bits per heavy atom. The van der Waals surface area contributed by atoms with Crippen molar-refractivity contribution >= 4 is 11.6 Å². The van der Waals surface area contributed by atoms with Crippen LogP contribution >= 0.6 is 0 Å². The second-order valence-corrected chi connectivity index (χ2v) is 5.99. The third-order valence-corrected chi connectivity index (χ3v) is 3.99. The smallest absolute Gasteiger partial charge is 0.226 e. The van der Waals surface area contributed by atoms with E-state index in [0.29, 0.717) is 43.4 Å². The lowest BCUT2D eigenvalue weighted by molar-refractivity contribution is -0.117. The summed E-state index contributed by atoms with van der Waals surface area (Å²) in [6, 6.07) is 9.16. The third-order valence-electron chi connectivity index (χ3n) is 3.99. The minimum absolute atomic E-state index is 0.0447. The average Bonchev–Trinajstić information content (AvgIpc) is 2.68. The average molecular weight is 357 g/mol. The van der Waals surface area contributed by atoms with E-state index >= 15 is 0 Å². The molecule has 138 valence electrons. The summed E-state index contributed by atoms with van der Waals surface area (Å²) in [5.74, 6) is 1.10. The van der Waals surface area contributed by atoms with Crippen molar-refractivity contribution in [2.75, 3.05) is 32.2 Å². The lowest BCUT2D eigenvalue weighted by atomic mass is 10.2. The number of hydrogen-bond donors (Lipinski definition) is 2. The molecule has 7 heteroatoms. The van der Waals surface area contributed by atoms with Gasteiger partial charge >= 0.3 is 0 Å². The molecule has 2 N–H and O–H groups in total. The van der Waals surface area contributed by atoms with Crippen molar-refractivity contribution in [2.24, 2.45) is 0 Å². The molecule has 0 radical (unpaired) electrons. The zero-order valence-corrected chi connectivity index (χ0v) is 14.7. The Bertz CT molecular complexity index is 718. The minimum Gasteiger partial charge on any atom is -0.493 e. The summed E-state index contributed by atoms with van der Waals surface area (Å²) in [5, 5.41) is 6.16. The number of carbonyl (C=O) groups is 1. The van der Waals surface area contributed by atoms with Gasteiger partial charge in [-0.2, -0.15) is 0 Å². The Kier molecular flexibility index (Phi) is 6.40. The number of aromatic nitrogens is 1. The van der Waals surface area contributed by atoms with Gasteiger partial charge in [0.2, 0.25) is 5.91 Å². The van der Waals surface area contributed by atoms with Crippen LogP contribution < -0.4 is 20.1 Å². The summed E-state index contributed by atoms with van der Waals surface area (Å²) in [5.41, 5.74) is 1.61. The van der Waals surface area contributed by atoms with Crippen LogP contribution in [0.4, 0.5) is 5.69 Å². The molecule has 0 aliphatic carbocycles. The first-order valence-corrected chi connectivity index (χ1v) is 8.55. The van der Waals surface area contributed by atoms with Gasteiger partial charge < -0.3 is 24.8 Å². The van der Waals surface area contributed by atoms with Gasteiger partial charge in [0, 0.05) is 48.7 Å². The van der Waals surface area contributed by atoms with E-state index in [1.54, 1.807) is 37.7 Å². The van der Waals surface area contributed by atoms with Gasteiger partial charge in [0.05, 0.1) is 20.3 Å². The number of nitrogens with zero attached hydrogens (tertiary/aromatic N) is 1. The number of nitrogens with one attached hydrogen (secondary N) is 2. The molecule has 1 unspecified atom stereocenters. The molecule has 2 aromatic rings. The molecule has 1 aliphatic heterocycles. The van der Waals surface area contributed by atoms with Crippen LogP contribution in [0.25, 0.3) is 0 Å². The molecular formula is C19H23N3O4. The van der Waals surface area contributed by atoms with Gasteiger partial charge in [-0.25, -0.2) is 0 Å². The first-order valence-electron chi connectivity index (χ1n) is 8.55. The number of hydrogen-bond acceptors (Lipinski definition) is 6. The Morgan fingerprint density at radius 2 is 2.31 bits per heavy atom. The van der Waals surface area contributed by atoms with Crippen molar-refractivity contribution in [3.8, 4) is 11.5 Å². The van der Waals surface area contributed by atoms with E-state index in [0.717, 1.165) is 12.1 Å². The number of rotatable bonds is 7. The lowest BCUT2D eigenvalue weighted by Crippen LogP contribution is -2.43. The zero-order valence-electron chi connectivity index (χ0n) is 14.7. The summed E-state index contributed by atoms with van der Waals surface area (Å²) < 4.78 is 16.5. The van der Waals surface area contributed by atoms with Gasteiger partial charge in [-0.1, -0.05) is 6.07 Å². The maximum absolute atomic E-state index is 12.2. The number of amides is 1. The van der Waals surface area contributed by atoms with Crippen LogP contribution in [0.5, 0.6) is 11.5 Å². The van der Waals surface area contributed by atoms with E-state index in [4.69, 9.17) is 14.2 Å². The molecule has 0 saturated carbocycles. The monoisotopic (exact) mass is 357 g/mol. The van der Waals surface area contributed by atoms with Gasteiger partial charge in [0.25, 0.3) is 0 Å². The molecule has 1 aromatic heterocycles. The van der Waals surface area contributed by atoms with E-state index in [9.17, 15) is 4.79 Å². The first-order chi connectivity index (χ1) is 12.7. The Balaban J connectivity index is 1.61. The summed E-state index contributed by atoms with van der Waals surface area (Å²) >= 11 is 0. The molecule has 2 heterocycles. The van der Waals surface area contributed by atoms with Crippen molar-refractivity contribution in [1.29, 1.82) is 0 Å². The number of ether oxygens (including phenoxy) is 3. The standard InChI is InChI=1S/C19H23N3O4/c1-24-17-5-4-15(22-19(23)10-16-13-25-8-7-21-16)9-18(17)26-12-14-3-2-6-20-11-14/h2-6,9,11,16,21H,7-8,10,12-13H2,1H3,(H,22,23). The maximum atomic E-state index is 12.2. The Hall–Kier alpha value is -2.64. The Morgan fingerprint density at radius 1 is 1.38 bits per heavy atom. The fourth-order valence-electron chi connectivity index (χ4n) is 2.70. The normalized spacial score (nSPS) is 16.7. The topological polar surface area (TPSA) is 81.7 Å². The summed E-state index contributed by atoms with van der Waals surface area (Å²) in [7, 11) is 1.58. The number of methoxy groups -OCH3 is 1. The SMILES string of the molecule is COc1ccc(NC(=O)CC2COCCN2)cc1OCc1cccnc1. The quantitative estimate of drug-likeness (QED) is 0.789.